The Morgan fingerprint density at radius 3 is 2.32 bits per heavy atom. The molecule has 6 heteroatoms. The highest BCUT2D eigenvalue weighted by atomic mass is 35.5. The van der Waals surface area contributed by atoms with E-state index in [9.17, 15) is 4.79 Å². The van der Waals surface area contributed by atoms with Gasteiger partial charge < -0.3 is 19.5 Å². The maximum absolute atomic E-state index is 12.8. The van der Waals surface area contributed by atoms with E-state index in [0.29, 0.717) is 34.4 Å². The molecule has 0 spiro atoms. The molecule has 0 fully saturated rings. The molecule has 5 nitrogen and oxygen atoms in total. The lowest BCUT2D eigenvalue weighted by molar-refractivity contribution is 0.0935. The number of carbonyl (C=O) groups excluding carboxylic acids is 1. The number of carbonyl (C=O) groups is 1. The number of hydrogen-bond acceptors (Lipinski definition) is 4. The molecule has 3 aromatic rings. The van der Waals surface area contributed by atoms with Gasteiger partial charge in [0.1, 0.15) is 12.4 Å². The van der Waals surface area contributed by atoms with Crippen LogP contribution in [-0.4, -0.2) is 20.1 Å². The zero-order chi connectivity index (χ0) is 22.2. The summed E-state index contributed by atoms with van der Waals surface area (Å²) in [5, 5.41) is 3.75. The summed E-state index contributed by atoms with van der Waals surface area (Å²) in [6, 6.07) is 20.1. The van der Waals surface area contributed by atoms with Crippen LogP contribution in [0.3, 0.4) is 0 Å². The van der Waals surface area contributed by atoms with E-state index in [1.54, 1.807) is 38.5 Å². The third-order valence-corrected chi connectivity index (χ3v) is 5.36. The van der Waals surface area contributed by atoms with E-state index in [1.807, 2.05) is 49.4 Å². The molecule has 0 aliphatic heterocycles. The lowest BCUT2D eigenvalue weighted by Crippen LogP contribution is -2.28. The average Bonchev–Trinajstić information content (AvgIpc) is 2.81. The molecule has 0 heterocycles. The van der Waals surface area contributed by atoms with Crippen molar-refractivity contribution in [2.75, 3.05) is 14.2 Å². The Hall–Kier alpha value is -3.18. The topological polar surface area (TPSA) is 56.8 Å². The molecular formula is C25H26ClNO4. The Bertz CT molecular complexity index is 1020. The SMILES string of the molecule is CC[C@@H](NC(=O)c1ccc(OCc2ccccc2Cl)cc1)c1ccc(OC)c(OC)c1. The molecule has 31 heavy (non-hydrogen) atoms. The second-order valence-electron chi connectivity index (χ2n) is 6.95. The van der Waals surface area contributed by atoms with Gasteiger partial charge in [0.25, 0.3) is 5.91 Å². The second-order valence-corrected chi connectivity index (χ2v) is 7.36. The Balaban J connectivity index is 1.64. The monoisotopic (exact) mass is 439 g/mol. The third-order valence-electron chi connectivity index (χ3n) is 4.99. The molecule has 0 aliphatic carbocycles. The molecule has 0 bridgehead atoms. The van der Waals surface area contributed by atoms with Crippen molar-refractivity contribution in [1.29, 1.82) is 0 Å². The fourth-order valence-corrected chi connectivity index (χ4v) is 3.40. The van der Waals surface area contributed by atoms with Crippen LogP contribution in [0.25, 0.3) is 0 Å². The summed E-state index contributed by atoms with van der Waals surface area (Å²) >= 11 is 6.16. The van der Waals surface area contributed by atoms with E-state index in [0.717, 1.165) is 17.5 Å². The summed E-state index contributed by atoms with van der Waals surface area (Å²) in [7, 11) is 3.19. The van der Waals surface area contributed by atoms with Crippen LogP contribution in [0.4, 0.5) is 0 Å². The lowest BCUT2D eigenvalue weighted by Gasteiger charge is -2.19. The van der Waals surface area contributed by atoms with Gasteiger partial charge in [-0.15, -0.1) is 0 Å². The molecule has 3 aromatic carbocycles. The fourth-order valence-electron chi connectivity index (χ4n) is 3.21. The highest BCUT2D eigenvalue weighted by molar-refractivity contribution is 6.31. The van der Waals surface area contributed by atoms with Gasteiger partial charge in [-0.3, -0.25) is 4.79 Å². The summed E-state index contributed by atoms with van der Waals surface area (Å²) in [6.45, 7) is 2.38. The Labute approximate surface area is 187 Å². The number of amides is 1. The molecule has 1 atom stereocenters. The lowest BCUT2D eigenvalue weighted by atomic mass is 10.0. The van der Waals surface area contributed by atoms with Gasteiger partial charge in [-0.25, -0.2) is 0 Å². The van der Waals surface area contributed by atoms with Crippen molar-refractivity contribution in [2.24, 2.45) is 0 Å². The van der Waals surface area contributed by atoms with Gasteiger partial charge in [-0.1, -0.05) is 42.8 Å². The first-order valence-electron chi connectivity index (χ1n) is 10.0. The minimum Gasteiger partial charge on any atom is -0.493 e. The number of methoxy groups -OCH3 is 2. The van der Waals surface area contributed by atoms with E-state index in [2.05, 4.69) is 5.32 Å². The van der Waals surface area contributed by atoms with Crippen molar-refractivity contribution in [1.82, 2.24) is 5.32 Å². The summed E-state index contributed by atoms with van der Waals surface area (Å²) in [4.78, 5) is 12.8. The normalized spacial score (nSPS) is 11.5. The standard InChI is InChI=1S/C25H26ClNO4/c1-4-22(18-11-14-23(29-2)24(15-18)30-3)27-25(28)17-9-12-20(13-10-17)31-16-19-7-5-6-8-21(19)26/h5-15,22H,4,16H2,1-3H3,(H,27,28)/t22-/m1/s1. The van der Waals surface area contributed by atoms with E-state index in [-0.39, 0.29) is 11.9 Å². The fraction of sp³-hybridized carbons (Fsp3) is 0.240. The van der Waals surface area contributed by atoms with Crippen LogP contribution in [0, 0.1) is 0 Å². The third kappa shape index (κ3) is 5.70. The Morgan fingerprint density at radius 2 is 1.68 bits per heavy atom. The smallest absolute Gasteiger partial charge is 0.251 e. The molecule has 3 rings (SSSR count). The molecule has 162 valence electrons. The van der Waals surface area contributed by atoms with Gasteiger partial charge in [0.15, 0.2) is 11.5 Å². The number of benzene rings is 3. The number of rotatable bonds is 9. The maximum Gasteiger partial charge on any atom is 0.251 e. The van der Waals surface area contributed by atoms with E-state index in [4.69, 9.17) is 25.8 Å². The van der Waals surface area contributed by atoms with Crippen molar-refractivity contribution in [3.63, 3.8) is 0 Å². The van der Waals surface area contributed by atoms with E-state index in [1.165, 1.54) is 0 Å². The zero-order valence-electron chi connectivity index (χ0n) is 17.9. The largest absolute Gasteiger partial charge is 0.493 e. The van der Waals surface area contributed by atoms with Gasteiger partial charge >= 0.3 is 0 Å². The highest BCUT2D eigenvalue weighted by Crippen LogP contribution is 2.31. The number of halogens is 1. The van der Waals surface area contributed by atoms with Crippen molar-refractivity contribution in [2.45, 2.75) is 26.0 Å². The molecule has 0 aliphatic rings. The van der Waals surface area contributed by atoms with Crippen LogP contribution < -0.4 is 19.5 Å². The quantitative estimate of drug-likeness (QED) is 0.456. The molecule has 0 saturated heterocycles. The minimum atomic E-state index is -0.153. The van der Waals surface area contributed by atoms with Gasteiger partial charge in [0.2, 0.25) is 0 Å². The summed E-state index contributed by atoms with van der Waals surface area (Å²) in [6.07, 6.45) is 0.736. The molecule has 0 saturated carbocycles. The Morgan fingerprint density at radius 1 is 0.968 bits per heavy atom. The van der Waals surface area contributed by atoms with Crippen molar-refractivity contribution >= 4 is 17.5 Å². The van der Waals surface area contributed by atoms with Crippen LogP contribution in [0.5, 0.6) is 17.2 Å². The molecular weight excluding hydrogens is 414 g/mol. The molecule has 0 unspecified atom stereocenters. The number of nitrogens with one attached hydrogen (secondary N) is 1. The average molecular weight is 440 g/mol. The molecule has 0 aromatic heterocycles. The van der Waals surface area contributed by atoms with Crippen LogP contribution in [0.15, 0.2) is 66.7 Å². The minimum absolute atomic E-state index is 0.150. The highest BCUT2D eigenvalue weighted by Gasteiger charge is 2.16. The molecule has 0 radical (unpaired) electrons. The van der Waals surface area contributed by atoms with Crippen LogP contribution in [0.2, 0.25) is 5.02 Å². The summed E-state index contributed by atoms with van der Waals surface area (Å²) in [5.74, 6) is 1.80. The predicted molar refractivity (Wildman–Crippen MR) is 122 cm³/mol. The van der Waals surface area contributed by atoms with E-state index >= 15 is 0 Å². The Kier molecular flexibility index (Phi) is 7.79. The first-order chi connectivity index (χ1) is 15.0. The van der Waals surface area contributed by atoms with Gasteiger partial charge in [0, 0.05) is 16.1 Å². The first-order valence-corrected chi connectivity index (χ1v) is 10.4. The zero-order valence-corrected chi connectivity index (χ0v) is 18.6. The number of hydrogen-bond donors (Lipinski definition) is 1. The molecule has 1 amide bonds. The van der Waals surface area contributed by atoms with Crippen LogP contribution in [-0.2, 0) is 6.61 Å². The summed E-state index contributed by atoms with van der Waals surface area (Å²) < 4.78 is 16.5. The second kappa shape index (κ2) is 10.7. The number of ether oxygens (including phenoxy) is 3. The van der Waals surface area contributed by atoms with Crippen molar-refractivity contribution < 1.29 is 19.0 Å². The molecule has 1 N–H and O–H groups in total. The van der Waals surface area contributed by atoms with Crippen molar-refractivity contribution in [3.8, 4) is 17.2 Å². The maximum atomic E-state index is 12.8. The van der Waals surface area contributed by atoms with Crippen molar-refractivity contribution in [3.05, 3.63) is 88.4 Å². The van der Waals surface area contributed by atoms with E-state index < -0.39 is 0 Å². The first kappa shape index (κ1) is 22.5. The van der Waals surface area contributed by atoms with Gasteiger partial charge in [-0.2, -0.15) is 0 Å². The van der Waals surface area contributed by atoms with Gasteiger partial charge in [-0.05, 0) is 54.4 Å². The van der Waals surface area contributed by atoms with Gasteiger partial charge in [0.05, 0.1) is 20.3 Å². The van der Waals surface area contributed by atoms with Crippen LogP contribution in [0.1, 0.15) is 40.9 Å². The van der Waals surface area contributed by atoms with Crippen LogP contribution >= 0.6 is 11.6 Å². The predicted octanol–water partition coefficient (Wildman–Crippen LogP) is 5.82. The summed E-state index contributed by atoms with van der Waals surface area (Å²) in [5.41, 5.74) is 2.42.